The summed E-state index contributed by atoms with van der Waals surface area (Å²) in [6.45, 7) is 4.38. The summed E-state index contributed by atoms with van der Waals surface area (Å²) in [5.41, 5.74) is 10.1. The lowest BCUT2D eigenvalue weighted by Crippen LogP contribution is -1.88. The molecule has 1 aromatic heterocycles. The largest absolute Gasteiger partial charge is 0.390 e. The van der Waals surface area contributed by atoms with Gasteiger partial charge in [0.2, 0.25) is 0 Å². The molecule has 2 rings (SSSR count). The predicted octanol–water partition coefficient (Wildman–Crippen LogP) is 4.67. The fourth-order valence-corrected chi connectivity index (χ4v) is 4.41. The summed E-state index contributed by atoms with van der Waals surface area (Å²) >= 11 is 3.62. The van der Waals surface area contributed by atoms with E-state index in [0.29, 0.717) is 0 Å². The van der Waals surface area contributed by atoms with Gasteiger partial charge in [0.25, 0.3) is 0 Å². The third-order valence-electron chi connectivity index (χ3n) is 2.69. The first-order chi connectivity index (χ1) is 8.27. The molecular formula is C14H17NS2. The number of nitrogens with two attached hydrogens (primary N) is 1. The predicted molar refractivity (Wildman–Crippen MR) is 79.9 cm³/mol. The number of hydrogen-bond acceptors (Lipinski definition) is 3. The molecule has 0 amide bonds. The Morgan fingerprint density at radius 2 is 1.88 bits per heavy atom. The van der Waals surface area contributed by atoms with Crippen LogP contribution in [0.25, 0.3) is 11.1 Å². The van der Waals surface area contributed by atoms with Gasteiger partial charge in [-0.2, -0.15) is 0 Å². The van der Waals surface area contributed by atoms with Crippen LogP contribution in [0.5, 0.6) is 0 Å². The highest BCUT2D eigenvalue weighted by molar-refractivity contribution is 8.01. The van der Waals surface area contributed by atoms with Gasteiger partial charge in [-0.1, -0.05) is 44.2 Å². The zero-order chi connectivity index (χ0) is 12.3. The van der Waals surface area contributed by atoms with E-state index in [4.69, 9.17) is 5.73 Å². The molecule has 0 atom stereocenters. The molecule has 0 aliphatic carbocycles. The lowest BCUT2D eigenvalue weighted by molar-refractivity contribution is 1.12. The van der Waals surface area contributed by atoms with Gasteiger partial charge in [0.1, 0.15) is 0 Å². The minimum atomic E-state index is 0.948. The van der Waals surface area contributed by atoms with Gasteiger partial charge in [-0.15, -0.1) is 23.1 Å². The van der Waals surface area contributed by atoms with Crippen molar-refractivity contribution in [3.63, 3.8) is 0 Å². The maximum atomic E-state index is 6.19. The molecule has 2 aromatic rings. The summed E-state index contributed by atoms with van der Waals surface area (Å²) in [5, 5.41) is 0.948. The number of benzene rings is 1. The molecule has 1 heterocycles. The lowest BCUT2D eigenvalue weighted by Gasteiger charge is -2.05. The first kappa shape index (κ1) is 12.5. The molecule has 3 heteroatoms. The minimum absolute atomic E-state index is 0.948. The molecule has 2 N–H and O–H groups in total. The van der Waals surface area contributed by atoms with E-state index in [1.807, 2.05) is 17.8 Å². The molecule has 1 aromatic carbocycles. The Morgan fingerprint density at radius 1 is 1.18 bits per heavy atom. The van der Waals surface area contributed by atoms with Crippen molar-refractivity contribution in [2.45, 2.75) is 24.5 Å². The number of hydrogen-bond donors (Lipinski definition) is 1. The fourth-order valence-electron chi connectivity index (χ4n) is 1.95. The van der Waals surface area contributed by atoms with Crippen molar-refractivity contribution in [2.24, 2.45) is 0 Å². The Kier molecular flexibility index (Phi) is 4.13. The fraction of sp³-hybridized carbons (Fsp3) is 0.286. The zero-order valence-electron chi connectivity index (χ0n) is 10.2. The average Bonchev–Trinajstić information content (AvgIpc) is 2.67. The molecule has 17 heavy (non-hydrogen) atoms. The molecule has 0 radical (unpaired) electrons. The van der Waals surface area contributed by atoms with Gasteiger partial charge in [0, 0.05) is 5.56 Å². The summed E-state index contributed by atoms with van der Waals surface area (Å²) < 4.78 is 1.38. The molecule has 0 unspecified atom stereocenters. The van der Waals surface area contributed by atoms with Crippen molar-refractivity contribution in [1.29, 1.82) is 0 Å². The molecule has 90 valence electrons. The number of rotatable bonds is 4. The number of nitrogen functional groups attached to an aromatic ring is 1. The highest BCUT2D eigenvalue weighted by Gasteiger charge is 2.16. The maximum Gasteiger partial charge on any atom is 0.0950 e. The summed E-state index contributed by atoms with van der Waals surface area (Å²) in [4.78, 5) is 0. The third-order valence-corrected chi connectivity index (χ3v) is 4.95. The Morgan fingerprint density at radius 3 is 2.47 bits per heavy atom. The normalized spacial score (nSPS) is 10.7. The summed E-state index contributed by atoms with van der Waals surface area (Å²) in [7, 11) is 0. The first-order valence-corrected chi connectivity index (χ1v) is 7.67. The SMILES string of the molecule is CCSc1sc(N)c(-c2ccccc2)c1CC. The van der Waals surface area contributed by atoms with Crippen LogP contribution >= 0.6 is 23.1 Å². The summed E-state index contributed by atoms with van der Waals surface area (Å²) in [5.74, 6) is 1.10. The molecular weight excluding hydrogens is 246 g/mol. The van der Waals surface area contributed by atoms with Crippen LogP contribution in [0, 0.1) is 0 Å². The lowest BCUT2D eigenvalue weighted by atomic mass is 10.0. The Bertz CT molecular complexity index is 488. The Hall–Kier alpha value is -0.930. The van der Waals surface area contributed by atoms with E-state index in [-0.39, 0.29) is 0 Å². The van der Waals surface area contributed by atoms with Crippen LogP contribution in [0.2, 0.25) is 0 Å². The molecule has 0 bridgehead atoms. The van der Waals surface area contributed by atoms with Gasteiger partial charge in [0.05, 0.1) is 9.21 Å². The van der Waals surface area contributed by atoms with Gasteiger partial charge >= 0.3 is 0 Å². The van der Waals surface area contributed by atoms with Gasteiger partial charge in [-0.3, -0.25) is 0 Å². The van der Waals surface area contributed by atoms with E-state index in [1.54, 1.807) is 11.3 Å². The second-order valence-corrected chi connectivity index (χ2v) is 6.34. The van der Waals surface area contributed by atoms with E-state index in [2.05, 4.69) is 38.1 Å². The van der Waals surface area contributed by atoms with Crippen LogP contribution in [0.15, 0.2) is 34.5 Å². The number of thioether (sulfide) groups is 1. The van der Waals surface area contributed by atoms with E-state index >= 15 is 0 Å². The van der Waals surface area contributed by atoms with Crippen LogP contribution < -0.4 is 5.73 Å². The topological polar surface area (TPSA) is 26.0 Å². The quantitative estimate of drug-likeness (QED) is 0.811. The Labute approximate surface area is 111 Å². The minimum Gasteiger partial charge on any atom is -0.390 e. The van der Waals surface area contributed by atoms with Crippen molar-refractivity contribution in [1.82, 2.24) is 0 Å². The van der Waals surface area contributed by atoms with Crippen molar-refractivity contribution < 1.29 is 0 Å². The average molecular weight is 263 g/mol. The smallest absolute Gasteiger partial charge is 0.0950 e. The van der Waals surface area contributed by atoms with Crippen molar-refractivity contribution in [2.75, 3.05) is 11.5 Å². The molecule has 0 aliphatic rings. The monoisotopic (exact) mass is 263 g/mol. The van der Waals surface area contributed by atoms with Crippen LogP contribution in [0.3, 0.4) is 0 Å². The number of thiophene rings is 1. The van der Waals surface area contributed by atoms with Crippen LogP contribution in [0.1, 0.15) is 19.4 Å². The third kappa shape index (κ3) is 2.50. The summed E-state index contributed by atoms with van der Waals surface area (Å²) in [6.07, 6.45) is 1.04. The van der Waals surface area contributed by atoms with Gasteiger partial charge in [-0.05, 0) is 23.3 Å². The second-order valence-electron chi connectivity index (χ2n) is 3.76. The van der Waals surface area contributed by atoms with Gasteiger partial charge < -0.3 is 5.73 Å². The maximum absolute atomic E-state index is 6.19. The highest BCUT2D eigenvalue weighted by Crippen LogP contribution is 2.43. The second kappa shape index (κ2) is 5.61. The van der Waals surface area contributed by atoms with Crippen LogP contribution in [-0.4, -0.2) is 5.75 Å². The van der Waals surface area contributed by atoms with Crippen molar-refractivity contribution in [3.8, 4) is 11.1 Å². The van der Waals surface area contributed by atoms with Crippen LogP contribution in [-0.2, 0) is 6.42 Å². The number of anilines is 1. The molecule has 1 nitrogen and oxygen atoms in total. The highest BCUT2D eigenvalue weighted by atomic mass is 32.2. The van der Waals surface area contributed by atoms with E-state index < -0.39 is 0 Å². The molecule has 0 spiro atoms. The van der Waals surface area contributed by atoms with E-state index in [1.165, 1.54) is 20.9 Å². The Balaban J connectivity index is 2.53. The van der Waals surface area contributed by atoms with Gasteiger partial charge in [-0.25, -0.2) is 0 Å². The summed E-state index contributed by atoms with van der Waals surface area (Å²) in [6, 6.07) is 10.5. The first-order valence-electron chi connectivity index (χ1n) is 5.87. The standard InChI is InChI=1S/C14H17NS2/c1-3-11-12(10-8-6-5-7-9-10)13(15)17-14(11)16-4-2/h5-9H,3-4,15H2,1-2H3. The molecule has 0 fully saturated rings. The van der Waals surface area contributed by atoms with Crippen molar-refractivity contribution >= 4 is 28.1 Å². The van der Waals surface area contributed by atoms with Crippen molar-refractivity contribution in [3.05, 3.63) is 35.9 Å². The molecule has 0 aliphatic heterocycles. The molecule has 0 saturated carbocycles. The van der Waals surface area contributed by atoms with E-state index in [0.717, 1.165) is 17.2 Å². The zero-order valence-corrected chi connectivity index (χ0v) is 11.8. The van der Waals surface area contributed by atoms with Gasteiger partial charge in [0.15, 0.2) is 0 Å². The van der Waals surface area contributed by atoms with Crippen LogP contribution in [0.4, 0.5) is 5.00 Å². The van der Waals surface area contributed by atoms with E-state index in [9.17, 15) is 0 Å². The molecule has 0 saturated heterocycles.